The minimum absolute atomic E-state index is 0.587. The second kappa shape index (κ2) is 2.91. The van der Waals surface area contributed by atoms with Crippen LogP contribution in [0.25, 0.3) is 0 Å². The van der Waals surface area contributed by atoms with Crippen LogP contribution in [0.2, 0.25) is 5.02 Å². The molecule has 1 aromatic carbocycles. The smallest absolute Gasteiger partial charge is 0.150 e. The number of hydrogen-bond donors (Lipinski definition) is 0. The second-order valence-corrected chi connectivity index (χ2v) is 3.60. The van der Waals surface area contributed by atoms with E-state index in [1.54, 1.807) is 12.1 Å². The van der Waals surface area contributed by atoms with Gasteiger partial charge in [0, 0.05) is 10.6 Å². The van der Waals surface area contributed by atoms with Crippen LogP contribution in [0.5, 0.6) is 0 Å². The molecule has 0 spiro atoms. The number of halogens is 1. The summed E-state index contributed by atoms with van der Waals surface area (Å²) in [6, 6.07) is 5.46. The molecule has 0 saturated heterocycles. The maximum atomic E-state index is 10.6. The molecule has 0 atom stereocenters. The summed E-state index contributed by atoms with van der Waals surface area (Å²) in [5, 5.41) is 0.725. The maximum absolute atomic E-state index is 10.6. The van der Waals surface area contributed by atoms with Crippen molar-refractivity contribution in [2.45, 2.75) is 18.8 Å². The van der Waals surface area contributed by atoms with Gasteiger partial charge in [0.05, 0.1) is 0 Å². The zero-order chi connectivity index (χ0) is 8.55. The van der Waals surface area contributed by atoms with Crippen molar-refractivity contribution < 1.29 is 4.79 Å². The van der Waals surface area contributed by atoms with Gasteiger partial charge in [0.15, 0.2) is 0 Å². The normalized spacial score (nSPS) is 16.1. The molecular weight excluding hydrogens is 172 g/mol. The summed E-state index contributed by atoms with van der Waals surface area (Å²) < 4.78 is 0. The summed E-state index contributed by atoms with van der Waals surface area (Å²) in [6.45, 7) is 0. The van der Waals surface area contributed by atoms with Crippen LogP contribution in [0.15, 0.2) is 18.2 Å². The summed E-state index contributed by atoms with van der Waals surface area (Å²) in [6.07, 6.45) is 3.30. The molecule has 0 bridgehead atoms. The molecule has 0 radical (unpaired) electrons. The number of hydrogen-bond acceptors (Lipinski definition) is 1. The minimum atomic E-state index is 0.587. The predicted octanol–water partition coefficient (Wildman–Crippen LogP) is 3.03. The summed E-state index contributed by atoms with van der Waals surface area (Å²) in [4.78, 5) is 10.6. The van der Waals surface area contributed by atoms with E-state index in [2.05, 4.69) is 0 Å². The number of rotatable bonds is 2. The van der Waals surface area contributed by atoms with Crippen LogP contribution in [-0.2, 0) is 0 Å². The van der Waals surface area contributed by atoms with E-state index < -0.39 is 0 Å². The average molecular weight is 181 g/mol. The van der Waals surface area contributed by atoms with E-state index >= 15 is 0 Å². The highest BCUT2D eigenvalue weighted by atomic mass is 35.5. The van der Waals surface area contributed by atoms with E-state index in [-0.39, 0.29) is 0 Å². The Balaban J connectivity index is 2.46. The van der Waals surface area contributed by atoms with Crippen molar-refractivity contribution in [1.82, 2.24) is 0 Å². The van der Waals surface area contributed by atoms with Gasteiger partial charge in [-0.3, -0.25) is 4.79 Å². The zero-order valence-corrected chi connectivity index (χ0v) is 7.34. The number of benzene rings is 1. The van der Waals surface area contributed by atoms with Gasteiger partial charge in [-0.25, -0.2) is 0 Å². The SMILES string of the molecule is O=Cc1ccc(Cl)cc1C1CC1. The van der Waals surface area contributed by atoms with Crippen molar-refractivity contribution in [3.8, 4) is 0 Å². The molecule has 2 heteroatoms. The standard InChI is InChI=1S/C10H9ClO/c11-9-4-3-8(6-12)10(5-9)7-1-2-7/h3-7H,1-2H2. The van der Waals surface area contributed by atoms with Gasteiger partial charge < -0.3 is 0 Å². The van der Waals surface area contributed by atoms with E-state index in [1.165, 1.54) is 12.8 Å². The fourth-order valence-corrected chi connectivity index (χ4v) is 1.58. The molecule has 1 saturated carbocycles. The van der Waals surface area contributed by atoms with Gasteiger partial charge >= 0.3 is 0 Å². The second-order valence-electron chi connectivity index (χ2n) is 3.17. The minimum Gasteiger partial charge on any atom is -0.298 e. The highest BCUT2D eigenvalue weighted by molar-refractivity contribution is 6.30. The lowest BCUT2D eigenvalue weighted by Crippen LogP contribution is -1.89. The monoisotopic (exact) mass is 180 g/mol. The molecule has 1 nitrogen and oxygen atoms in total. The summed E-state index contributed by atoms with van der Waals surface area (Å²) >= 11 is 5.83. The van der Waals surface area contributed by atoms with Gasteiger partial charge in [-0.15, -0.1) is 0 Å². The van der Waals surface area contributed by atoms with Crippen LogP contribution in [0.3, 0.4) is 0 Å². The molecule has 0 heterocycles. The van der Waals surface area contributed by atoms with Crippen molar-refractivity contribution in [1.29, 1.82) is 0 Å². The fourth-order valence-electron chi connectivity index (χ4n) is 1.40. The van der Waals surface area contributed by atoms with E-state index in [0.29, 0.717) is 5.92 Å². The van der Waals surface area contributed by atoms with Gasteiger partial charge in [0.1, 0.15) is 6.29 Å². The van der Waals surface area contributed by atoms with Crippen LogP contribution < -0.4 is 0 Å². The highest BCUT2D eigenvalue weighted by Crippen LogP contribution is 2.42. The van der Waals surface area contributed by atoms with E-state index in [1.807, 2.05) is 6.07 Å². The third-order valence-electron chi connectivity index (χ3n) is 2.19. The van der Waals surface area contributed by atoms with Crippen molar-refractivity contribution in [3.63, 3.8) is 0 Å². The van der Waals surface area contributed by atoms with E-state index in [4.69, 9.17) is 11.6 Å². The van der Waals surface area contributed by atoms with Gasteiger partial charge in [0.25, 0.3) is 0 Å². The number of aldehydes is 1. The van der Waals surface area contributed by atoms with Gasteiger partial charge in [0.2, 0.25) is 0 Å². The van der Waals surface area contributed by atoms with E-state index in [9.17, 15) is 4.79 Å². The third-order valence-corrected chi connectivity index (χ3v) is 2.43. The maximum Gasteiger partial charge on any atom is 0.150 e. The molecule has 0 amide bonds. The Hall–Kier alpha value is -0.820. The Morgan fingerprint density at radius 3 is 2.75 bits per heavy atom. The molecular formula is C10H9ClO. The molecule has 12 heavy (non-hydrogen) atoms. The van der Waals surface area contributed by atoms with Crippen molar-refractivity contribution in [2.75, 3.05) is 0 Å². The molecule has 0 aliphatic heterocycles. The summed E-state index contributed by atoms with van der Waals surface area (Å²) in [5.41, 5.74) is 1.92. The van der Waals surface area contributed by atoms with Crippen LogP contribution in [0, 0.1) is 0 Å². The molecule has 2 rings (SSSR count). The first kappa shape index (κ1) is 7.81. The molecule has 0 N–H and O–H groups in total. The number of carbonyl (C=O) groups is 1. The van der Waals surface area contributed by atoms with Crippen molar-refractivity contribution in [3.05, 3.63) is 34.3 Å². The number of carbonyl (C=O) groups excluding carboxylic acids is 1. The first-order chi connectivity index (χ1) is 5.81. The fraction of sp³-hybridized carbons (Fsp3) is 0.300. The summed E-state index contributed by atoms with van der Waals surface area (Å²) in [7, 11) is 0. The Morgan fingerprint density at radius 2 is 2.17 bits per heavy atom. The molecule has 0 aromatic heterocycles. The molecule has 62 valence electrons. The van der Waals surface area contributed by atoms with Crippen molar-refractivity contribution >= 4 is 17.9 Å². The Bertz CT molecular complexity index is 316. The Labute approximate surface area is 76.4 Å². The van der Waals surface area contributed by atoms with Crippen LogP contribution in [0.4, 0.5) is 0 Å². The first-order valence-corrected chi connectivity index (χ1v) is 4.43. The Morgan fingerprint density at radius 1 is 1.42 bits per heavy atom. The lowest BCUT2D eigenvalue weighted by atomic mass is 10.0. The summed E-state index contributed by atoms with van der Waals surface area (Å²) in [5.74, 6) is 0.587. The third kappa shape index (κ3) is 1.37. The quantitative estimate of drug-likeness (QED) is 0.640. The van der Waals surface area contributed by atoms with Gasteiger partial charge in [-0.05, 0) is 42.5 Å². The van der Waals surface area contributed by atoms with Crippen LogP contribution in [0.1, 0.15) is 34.7 Å². The Kier molecular flexibility index (Phi) is 1.89. The zero-order valence-electron chi connectivity index (χ0n) is 6.59. The molecule has 1 aromatic rings. The van der Waals surface area contributed by atoms with Gasteiger partial charge in [-0.1, -0.05) is 11.6 Å². The molecule has 1 aliphatic rings. The molecule has 1 aliphatic carbocycles. The van der Waals surface area contributed by atoms with Gasteiger partial charge in [-0.2, -0.15) is 0 Å². The highest BCUT2D eigenvalue weighted by Gasteiger charge is 2.25. The van der Waals surface area contributed by atoms with Crippen LogP contribution in [-0.4, -0.2) is 6.29 Å². The largest absolute Gasteiger partial charge is 0.298 e. The lowest BCUT2D eigenvalue weighted by Gasteiger charge is -2.01. The average Bonchev–Trinajstić information content (AvgIpc) is 2.87. The van der Waals surface area contributed by atoms with E-state index in [0.717, 1.165) is 22.4 Å². The lowest BCUT2D eigenvalue weighted by molar-refractivity contribution is 0.112. The van der Waals surface area contributed by atoms with Crippen LogP contribution >= 0.6 is 11.6 Å². The molecule has 0 unspecified atom stereocenters. The van der Waals surface area contributed by atoms with Crippen molar-refractivity contribution in [2.24, 2.45) is 0 Å². The first-order valence-electron chi connectivity index (χ1n) is 4.06. The molecule has 1 fully saturated rings. The predicted molar refractivity (Wildman–Crippen MR) is 48.8 cm³/mol. The topological polar surface area (TPSA) is 17.1 Å².